The van der Waals surface area contributed by atoms with Gasteiger partial charge in [-0.25, -0.2) is 9.48 Å². The molecule has 0 bridgehead atoms. The zero-order valence-electron chi connectivity index (χ0n) is 10.1. The van der Waals surface area contributed by atoms with E-state index < -0.39 is 5.97 Å². The predicted octanol–water partition coefficient (Wildman–Crippen LogP) is 1.55. The highest BCUT2D eigenvalue weighted by Crippen LogP contribution is 2.18. The van der Waals surface area contributed by atoms with Crippen LogP contribution in [0, 0.1) is 0 Å². The van der Waals surface area contributed by atoms with Gasteiger partial charge in [0.15, 0.2) is 5.69 Å². The van der Waals surface area contributed by atoms with Gasteiger partial charge in [0.1, 0.15) is 0 Å². The first-order valence-corrected chi connectivity index (χ1v) is 6.51. The van der Waals surface area contributed by atoms with Crippen LogP contribution >= 0.6 is 11.8 Å². The summed E-state index contributed by atoms with van der Waals surface area (Å²) in [5, 5.41) is 7.89. The van der Waals surface area contributed by atoms with Crippen molar-refractivity contribution in [3.05, 3.63) is 11.4 Å². The fourth-order valence-electron chi connectivity index (χ4n) is 1.48. The first-order chi connectivity index (χ1) is 7.61. The number of hydrogen-bond donors (Lipinski definition) is 0. The minimum absolute atomic E-state index is 0.200. The van der Waals surface area contributed by atoms with Crippen LogP contribution in [0.4, 0.5) is 0 Å². The molecule has 0 aromatic carbocycles. The maximum atomic E-state index is 11.5. The van der Waals surface area contributed by atoms with Crippen molar-refractivity contribution in [2.45, 2.75) is 26.3 Å². The van der Waals surface area contributed by atoms with Gasteiger partial charge < -0.3 is 4.74 Å². The summed E-state index contributed by atoms with van der Waals surface area (Å²) in [4.78, 5) is 11.5. The minimum Gasteiger partial charge on any atom is -0.464 e. The Bertz CT molecular complexity index is 363. The molecule has 0 aliphatic rings. The number of carbonyl (C=O) groups excluding carboxylic acids is 1. The molecule has 16 heavy (non-hydrogen) atoms. The maximum absolute atomic E-state index is 11.5. The molecule has 0 N–H and O–H groups in total. The van der Waals surface area contributed by atoms with Crippen LogP contribution in [0.15, 0.2) is 0 Å². The summed E-state index contributed by atoms with van der Waals surface area (Å²) in [6, 6.07) is 0. The molecule has 1 aromatic rings. The first kappa shape index (κ1) is 13.0. The monoisotopic (exact) mass is 243 g/mol. The van der Waals surface area contributed by atoms with Crippen molar-refractivity contribution in [1.82, 2.24) is 15.0 Å². The van der Waals surface area contributed by atoms with Gasteiger partial charge in [0.2, 0.25) is 0 Å². The van der Waals surface area contributed by atoms with E-state index in [1.807, 2.05) is 20.1 Å². The summed E-state index contributed by atoms with van der Waals surface area (Å²) < 4.78 is 6.47. The van der Waals surface area contributed by atoms with Gasteiger partial charge in [-0.15, -0.1) is 5.10 Å². The normalized spacial score (nSPS) is 10.8. The average Bonchev–Trinajstić information content (AvgIpc) is 2.68. The molecule has 0 fully saturated rings. The summed E-state index contributed by atoms with van der Waals surface area (Å²) in [6.07, 6.45) is 2.03. The molecule has 1 aromatic heterocycles. The van der Waals surface area contributed by atoms with Crippen LogP contribution in [0.2, 0.25) is 0 Å². The Kier molecular flexibility index (Phi) is 4.79. The summed E-state index contributed by atoms with van der Waals surface area (Å²) in [5.74, 6) is 0.731. The zero-order valence-corrected chi connectivity index (χ0v) is 10.9. The lowest BCUT2D eigenvalue weighted by molar-refractivity contribution is 0.0592. The van der Waals surface area contributed by atoms with E-state index in [1.54, 1.807) is 16.4 Å². The smallest absolute Gasteiger partial charge is 0.360 e. The lowest BCUT2D eigenvalue weighted by Crippen LogP contribution is -2.12. The molecule has 0 spiro atoms. The Balaban J connectivity index is 3.02. The molecule has 0 aliphatic heterocycles. The lowest BCUT2D eigenvalue weighted by Gasteiger charge is -2.09. The van der Waals surface area contributed by atoms with Crippen molar-refractivity contribution < 1.29 is 9.53 Å². The number of aromatic nitrogens is 3. The number of nitrogens with zero attached hydrogens (tertiary/aromatic N) is 3. The van der Waals surface area contributed by atoms with Crippen molar-refractivity contribution in [2.24, 2.45) is 0 Å². The number of aryl methyl sites for hydroxylation is 1. The fraction of sp³-hybridized carbons (Fsp3) is 0.700. The van der Waals surface area contributed by atoms with E-state index in [1.165, 1.54) is 7.11 Å². The fourth-order valence-corrected chi connectivity index (χ4v) is 1.83. The molecule has 1 rings (SSSR count). The number of hydrogen-bond acceptors (Lipinski definition) is 5. The van der Waals surface area contributed by atoms with Gasteiger partial charge in [0.05, 0.1) is 19.3 Å². The summed E-state index contributed by atoms with van der Waals surface area (Å²) in [6.45, 7) is 4.79. The van der Waals surface area contributed by atoms with Crippen molar-refractivity contribution in [2.75, 3.05) is 19.1 Å². The van der Waals surface area contributed by atoms with Gasteiger partial charge in [-0.2, -0.15) is 11.8 Å². The zero-order chi connectivity index (χ0) is 12.1. The van der Waals surface area contributed by atoms with Crippen LogP contribution < -0.4 is 0 Å². The second-order valence-corrected chi connectivity index (χ2v) is 4.67. The Morgan fingerprint density at radius 2 is 2.25 bits per heavy atom. The molecule has 0 saturated heterocycles. The Labute approximate surface area is 99.5 Å². The number of rotatable bonds is 5. The highest BCUT2D eigenvalue weighted by Gasteiger charge is 2.22. The SMILES string of the molecule is COC(=O)c1nnn(CCSC)c1C(C)C. The summed E-state index contributed by atoms with van der Waals surface area (Å²) >= 11 is 1.74. The van der Waals surface area contributed by atoms with E-state index in [-0.39, 0.29) is 5.92 Å². The number of thioether (sulfide) groups is 1. The van der Waals surface area contributed by atoms with Crippen LogP contribution in [0.25, 0.3) is 0 Å². The van der Waals surface area contributed by atoms with Gasteiger partial charge in [-0.05, 0) is 12.2 Å². The highest BCUT2D eigenvalue weighted by atomic mass is 32.2. The number of esters is 1. The molecule has 1 heterocycles. The second-order valence-electron chi connectivity index (χ2n) is 3.69. The molecule has 0 amide bonds. The van der Waals surface area contributed by atoms with Gasteiger partial charge >= 0.3 is 5.97 Å². The summed E-state index contributed by atoms with van der Waals surface area (Å²) in [7, 11) is 1.35. The van der Waals surface area contributed by atoms with Gasteiger partial charge in [-0.3, -0.25) is 0 Å². The van der Waals surface area contributed by atoms with Crippen LogP contribution in [-0.4, -0.2) is 40.1 Å². The Morgan fingerprint density at radius 3 is 2.75 bits per heavy atom. The van der Waals surface area contributed by atoms with Gasteiger partial charge in [0.25, 0.3) is 0 Å². The van der Waals surface area contributed by atoms with Crippen LogP contribution in [0.1, 0.15) is 35.9 Å². The molecule has 0 aliphatic carbocycles. The quantitative estimate of drug-likeness (QED) is 0.734. The number of methoxy groups -OCH3 is 1. The first-order valence-electron chi connectivity index (χ1n) is 5.12. The van der Waals surface area contributed by atoms with E-state index >= 15 is 0 Å². The molecular formula is C10H17N3O2S. The van der Waals surface area contributed by atoms with Crippen LogP contribution in [0.5, 0.6) is 0 Å². The van der Waals surface area contributed by atoms with E-state index in [9.17, 15) is 4.79 Å². The highest BCUT2D eigenvalue weighted by molar-refractivity contribution is 7.98. The van der Waals surface area contributed by atoms with E-state index in [0.29, 0.717) is 5.69 Å². The van der Waals surface area contributed by atoms with E-state index in [0.717, 1.165) is 18.0 Å². The average molecular weight is 243 g/mol. The van der Waals surface area contributed by atoms with Crippen molar-refractivity contribution in [3.8, 4) is 0 Å². The third-order valence-electron chi connectivity index (χ3n) is 2.21. The number of ether oxygens (including phenoxy) is 1. The molecule has 0 saturated carbocycles. The molecule has 5 nitrogen and oxygen atoms in total. The lowest BCUT2D eigenvalue weighted by atomic mass is 10.1. The number of carbonyl (C=O) groups is 1. The molecule has 0 unspecified atom stereocenters. The van der Waals surface area contributed by atoms with E-state index in [4.69, 9.17) is 0 Å². The Morgan fingerprint density at radius 1 is 1.56 bits per heavy atom. The Hall–Kier alpha value is -1.04. The van der Waals surface area contributed by atoms with Crippen LogP contribution in [0.3, 0.4) is 0 Å². The molecular weight excluding hydrogens is 226 g/mol. The summed E-state index contributed by atoms with van der Waals surface area (Å²) in [5.41, 5.74) is 1.18. The minimum atomic E-state index is -0.417. The molecule has 90 valence electrons. The standard InChI is InChI=1S/C10H17N3O2S/c1-7(2)9-8(10(14)15-3)11-12-13(9)5-6-16-4/h7H,5-6H2,1-4H3. The van der Waals surface area contributed by atoms with Crippen molar-refractivity contribution in [3.63, 3.8) is 0 Å². The van der Waals surface area contributed by atoms with Crippen molar-refractivity contribution in [1.29, 1.82) is 0 Å². The maximum Gasteiger partial charge on any atom is 0.360 e. The third-order valence-corrected chi connectivity index (χ3v) is 2.80. The second kappa shape index (κ2) is 5.89. The molecule has 0 atom stereocenters. The van der Waals surface area contributed by atoms with Gasteiger partial charge in [-0.1, -0.05) is 19.1 Å². The third kappa shape index (κ3) is 2.75. The molecule has 6 heteroatoms. The van der Waals surface area contributed by atoms with Crippen molar-refractivity contribution >= 4 is 17.7 Å². The van der Waals surface area contributed by atoms with E-state index in [2.05, 4.69) is 15.0 Å². The topological polar surface area (TPSA) is 57.0 Å². The molecule has 0 radical (unpaired) electrons. The van der Waals surface area contributed by atoms with Gasteiger partial charge in [0, 0.05) is 5.75 Å². The van der Waals surface area contributed by atoms with Crippen LogP contribution in [-0.2, 0) is 11.3 Å². The predicted molar refractivity (Wildman–Crippen MR) is 63.8 cm³/mol. The largest absolute Gasteiger partial charge is 0.464 e.